The zero-order valence-corrected chi connectivity index (χ0v) is 15.0. The summed E-state index contributed by atoms with van der Waals surface area (Å²) in [6.07, 6.45) is 17.9. The van der Waals surface area contributed by atoms with Gasteiger partial charge in [-0.1, -0.05) is 82.9 Å². The second-order valence-corrected chi connectivity index (χ2v) is 7.15. The van der Waals surface area contributed by atoms with E-state index >= 15 is 0 Å². The molecule has 23 heavy (non-hydrogen) atoms. The summed E-state index contributed by atoms with van der Waals surface area (Å²) in [6.45, 7) is 2.28. The molecule has 0 amide bonds. The number of ketones is 1. The van der Waals surface area contributed by atoms with Gasteiger partial charge < -0.3 is 0 Å². The Bertz CT molecular complexity index is 475. The fourth-order valence-electron chi connectivity index (χ4n) is 3.79. The van der Waals surface area contributed by atoms with Crippen LogP contribution in [-0.2, 0) is 12.8 Å². The quantitative estimate of drug-likeness (QED) is 0.417. The van der Waals surface area contributed by atoms with Gasteiger partial charge in [-0.15, -0.1) is 0 Å². The fourth-order valence-corrected chi connectivity index (χ4v) is 3.79. The smallest absolute Gasteiger partial charge is 0.163 e. The zero-order valence-electron chi connectivity index (χ0n) is 15.0. The van der Waals surface area contributed by atoms with E-state index in [1.54, 1.807) is 0 Å². The summed E-state index contributed by atoms with van der Waals surface area (Å²) in [4.78, 5) is 12.0. The van der Waals surface area contributed by atoms with Crippen LogP contribution in [0.1, 0.15) is 105 Å². The van der Waals surface area contributed by atoms with Gasteiger partial charge in [-0.05, 0) is 36.8 Å². The van der Waals surface area contributed by atoms with Gasteiger partial charge in [-0.25, -0.2) is 0 Å². The fraction of sp³-hybridized carbons (Fsp3) is 0.682. The summed E-state index contributed by atoms with van der Waals surface area (Å²) < 4.78 is 0. The highest BCUT2D eigenvalue weighted by atomic mass is 16.1. The molecule has 1 aliphatic carbocycles. The lowest BCUT2D eigenvalue weighted by atomic mass is 9.86. The number of unbranched alkanes of at least 4 members (excludes halogenated alkanes) is 9. The standard InChI is InChI=1S/C22H34O/c1-2-3-4-5-6-7-8-9-10-11-14-19-15-12-17-21-20(19)16-13-18-22(21)23/h12,15,17H,2-11,13-14,16,18H2,1H3. The van der Waals surface area contributed by atoms with Gasteiger partial charge in [-0.2, -0.15) is 0 Å². The van der Waals surface area contributed by atoms with Gasteiger partial charge in [0.05, 0.1) is 0 Å². The average molecular weight is 315 g/mol. The molecule has 128 valence electrons. The van der Waals surface area contributed by atoms with Crippen molar-refractivity contribution in [3.63, 3.8) is 0 Å². The first-order chi connectivity index (χ1) is 11.3. The molecule has 0 heterocycles. The van der Waals surface area contributed by atoms with Crippen molar-refractivity contribution in [2.24, 2.45) is 0 Å². The molecule has 1 heteroatoms. The van der Waals surface area contributed by atoms with Crippen LogP contribution < -0.4 is 0 Å². The minimum atomic E-state index is 0.358. The van der Waals surface area contributed by atoms with E-state index in [-0.39, 0.29) is 0 Å². The van der Waals surface area contributed by atoms with Crippen molar-refractivity contribution in [1.29, 1.82) is 0 Å². The van der Waals surface area contributed by atoms with E-state index in [9.17, 15) is 4.79 Å². The molecule has 1 aromatic rings. The van der Waals surface area contributed by atoms with Crippen LogP contribution in [-0.4, -0.2) is 5.78 Å². The van der Waals surface area contributed by atoms with Crippen LogP contribution in [0.4, 0.5) is 0 Å². The highest BCUT2D eigenvalue weighted by Gasteiger charge is 2.18. The Balaban J connectivity index is 1.60. The molecule has 2 rings (SSSR count). The van der Waals surface area contributed by atoms with Crippen molar-refractivity contribution in [2.45, 2.75) is 96.8 Å². The third kappa shape index (κ3) is 6.12. The first-order valence-corrected chi connectivity index (χ1v) is 9.97. The van der Waals surface area contributed by atoms with E-state index in [0.717, 1.165) is 31.2 Å². The summed E-state index contributed by atoms with van der Waals surface area (Å²) in [7, 11) is 0. The zero-order chi connectivity index (χ0) is 16.3. The summed E-state index contributed by atoms with van der Waals surface area (Å²) in [5.74, 6) is 0.358. The summed E-state index contributed by atoms with van der Waals surface area (Å²) >= 11 is 0. The first-order valence-electron chi connectivity index (χ1n) is 9.97. The highest BCUT2D eigenvalue weighted by Crippen LogP contribution is 2.25. The molecule has 0 bridgehead atoms. The molecule has 0 saturated heterocycles. The van der Waals surface area contributed by atoms with E-state index in [2.05, 4.69) is 19.1 Å². The predicted molar refractivity (Wildman–Crippen MR) is 99.3 cm³/mol. The molecular formula is C22H34O. The summed E-state index contributed by atoms with van der Waals surface area (Å²) in [5, 5.41) is 0. The van der Waals surface area contributed by atoms with Crippen LogP contribution in [0.2, 0.25) is 0 Å². The van der Waals surface area contributed by atoms with Crippen LogP contribution in [0.15, 0.2) is 18.2 Å². The third-order valence-electron chi connectivity index (χ3n) is 5.20. The number of hydrogen-bond donors (Lipinski definition) is 0. The molecule has 0 saturated carbocycles. The van der Waals surface area contributed by atoms with E-state index in [1.807, 2.05) is 6.07 Å². The average Bonchev–Trinajstić information content (AvgIpc) is 2.57. The van der Waals surface area contributed by atoms with Crippen molar-refractivity contribution in [1.82, 2.24) is 0 Å². The Hall–Kier alpha value is -1.11. The second-order valence-electron chi connectivity index (χ2n) is 7.15. The summed E-state index contributed by atoms with van der Waals surface area (Å²) in [6, 6.07) is 6.34. The number of carbonyl (C=O) groups is 1. The molecule has 0 spiro atoms. The van der Waals surface area contributed by atoms with Crippen molar-refractivity contribution in [2.75, 3.05) is 0 Å². The predicted octanol–water partition coefficient (Wildman–Crippen LogP) is 6.67. The van der Waals surface area contributed by atoms with Gasteiger partial charge in [0, 0.05) is 12.0 Å². The van der Waals surface area contributed by atoms with Gasteiger partial charge in [0.1, 0.15) is 0 Å². The SMILES string of the molecule is CCCCCCCCCCCCc1cccc2c1CCCC2=O. The van der Waals surface area contributed by atoms with Gasteiger partial charge >= 0.3 is 0 Å². The largest absolute Gasteiger partial charge is 0.294 e. The molecule has 1 nitrogen and oxygen atoms in total. The highest BCUT2D eigenvalue weighted by molar-refractivity contribution is 5.98. The lowest BCUT2D eigenvalue weighted by Crippen LogP contribution is -2.12. The Morgan fingerprint density at radius 1 is 0.826 bits per heavy atom. The number of aryl methyl sites for hydroxylation is 1. The normalized spacial score (nSPS) is 14.0. The minimum absolute atomic E-state index is 0.358. The number of carbonyl (C=O) groups excluding carboxylic acids is 1. The van der Waals surface area contributed by atoms with E-state index in [1.165, 1.54) is 75.3 Å². The Kier molecular flexibility index (Phi) is 8.42. The van der Waals surface area contributed by atoms with E-state index < -0.39 is 0 Å². The molecule has 0 atom stereocenters. The molecular weight excluding hydrogens is 280 g/mol. The lowest BCUT2D eigenvalue weighted by molar-refractivity contribution is 0.0972. The lowest BCUT2D eigenvalue weighted by Gasteiger charge is -2.18. The number of fused-ring (bicyclic) bond motifs is 1. The molecule has 0 aromatic heterocycles. The van der Waals surface area contributed by atoms with Crippen molar-refractivity contribution in [3.05, 3.63) is 34.9 Å². The summed E-state index contributed by atoms with van der Waals surface area (Å²) in [5.41, 5.74) is 3.82. The molecule has 0 radical (unpaired) electrons. The Morgan fingerprint density at radius 3 is 2.17 bits per heavy atom. The Morgan fingerprint density at radius 2 is 1.48 bits per heavy atom. The van der Waals surface area contributed by atoms with Crippen LogP contribution in [0, 0.1) is 0 Å². The van der Waals surface area contributed by atoms with E-state index in [0.29, 0.717) is 5.78 Å². The maximum absolute atomic E-state index is 12.0. The second kappa shape index (κ2) is 10.6. The molecule has 0 fully saturated rings. The molecule has 0 unspecified atom stereocenters. The first kappa shape index (κ1) is 18.2. The number of rotatable bonds is 11. The monoisotopic (exact) mass is 314 g/mol. The van der Waals surface area contributed by atoms with Gasteiger partial charge in [0.2, 0.25) is 0 Å². The number of benzene rings is 1. The maximum Gasteiger partial charge on any atom is 0.163 e. The van der Waals surface area contributed by atoms with Crippen LogP contribution in [0.25, 0.3) is 0 Å². The van der Waals surface area contributed by atoms with Gasteiger partial charge in [-0.3, -0.25) is 4.79 Å². The van der Waals surface area contributed by atoms with Crippen LogP contribution >= 0.6 is 0 Å². The van der Waals surface area contributed by atoms with Crippen LogP contribution in [0.3, 0.4) is 0 Å². The molecule has 1 aromatic carbocycles. The van der Waals surface area contributed by atoms with Crippen molar-refractivity contribution >= 4 is 5.78 Å². The third-order valence-corrected chi connectivity index (χ3v) is 5.20. The minimum Gasteiger partial charge on any atom is -0.294 e. The number of Topliss-reactive ketones (excluding diaryl/α,β-unsaturated/α-hetero) is 1. The molecule has 0 N–H and O–H groups in total. The van der Waals surface area contributed by atoms with Gasteiger partial charge in [0.25, 0.3) is 0 Å². The Labute approximate surface area is 142 Å². The number of hydrogen-bond acceptors (Lipinski definition) is 1. The van der Waals surface area contributed by atoms with Gasteiger partial charge in [0.15, 0.2) is 5.78 Å². The van der Waals surface area contributed by atoms with Crippen LogP contribution in [0.5, 0.6) is 0 Å². The van der Waals surface area contributed by atoms with E-state index in [4.69, 9.17) is 0 Å². The van der Waals surface area contributed by atoms with Crippen molar-refractivity contribution in [3.8, 4) is 0 Å². The van der Waals surface area contributed by atoms with Crippen molar-refractivity contribution < 1.29 is 4.79 Å². The molecule has 0 aliphatic heterocycles. The maximum atomic E-state index is 12.0. The topological polar surface area (TPSA) is 17.1 Å². The molecule has 1 aliphatic rings.